The number of carbonyl (C=O) groups excluding carboxylic acids is 2. The Balaban J connectivity index is 0.000000885. The first-order valence-electron chi connectivity index (χ1n) is 8.56. The van der Waals surface area contributed by atoms with E-state index in [9.17, 15) is 9.59 Å². The molecule has 2 saturated carbocycles. The maximum atomic E-state index is 12.9. The van der Waals surface area contributed by atoms with Crippen molar-refractivity contribution in [1.82, 2.24) is 0 Å². The van der Waals surface area contributed by atoms with Crippen LogP contribution in [0.3, 0.4) is 0 Å². The Morgan fingerprint density at radius 3 is 1.33 bits per heavy atom. The molecule has 3 aliphatic carbocycles. The van der Waals surface area contributed by atoms with Crippen molar-refractivity contribution in [2.45, 2.75) is 38.5 Å². The van der Waals surface area contributed by atoms with Crippen molar-refractivity contribution >= 4 is 11.6 Å². The van der Waals surface area contributed by atoms with Crippen LogP contribution in [0, 0.1) is 43.6 Å². The fourth-order valence-electron chi connectivity index (χ4n) is 4.97. The molecule has 1 aromatic carbocycles. The molecule has 2 fully saturated rings. The molecule has 0 unspecified atom stereocenters. The molecule has 0 N–H and O–H groups in total. The first-order chi connectivity index (χ1) is 12.8. The Bertz CT molecular complexity index is 641. The molecule has 140 valence electrons. The summed E-state index contributed by atoms with van der Waals surface area (Å²) in [6.45, 7) is 13.5. The number of hydrogen-bond donors (Lipinski definition) is 0. The number of Topliss-reactive ketones (excluding diaryl/α,β-unsaturated/α-hetero) is 2. The molecule has 0 spiro atoms. The van der Waals surface area contributed by atoms with Gasteiger partial charge in [-0.2, -0.15) is 0 Å². The van der Waals surface area contributed by atoms with Gasteiger partial charge in [-0.3, -0.25) is 9.59 Å². The standard InChI is InChI=1S/C18H20O2.3CO.Cr/c19-17-13-9-3-7-11(13)12-8-4-10-14(12)18(20)16-6-2-1-5-15(16)17;3*1-2;/h1-2,5-6,11-14H,3-4,7-10H2;;;;/t11-,12+,13-,14-;;;;/m0..../s1. The molecule has 0 aliphatic heterocycles. The van der Waals surface area contributed by atoms with Gasteiger partial charge in [0.1, 0.15) is 0 Å². The van der Waals surface area contributed by atoms with E-state index in [0.29, 0.717) is 23.0 Å². The topological polar surface area (TPSA) is 93.8 Å². The van der Waals surface area contributed by atoms with E-state index in [2.05, 4.69) is 20.0 Å². The maximum Gasteiger partial charge on any atom is 0 e. The van der Waals surface area contributed by atoms with E-state index in [0.717, 1.165) is 38.5 Å². The van der Waals surface area contributed by atoms with Crippen molar-refractivity contribution in [2.75, 3.05) is 0 Å². The van der Waals surface area contributed by atoms with E-state index in [-0.39, 0.29) is 40.8 Å². The van der Waals surface area contributed by atoms with Crippen LogP contribution in [0.25, 0.3) is 0 Å². The van der Waals surface area contributed by atoms with Gasteiger partial charge in [-0.25, -0.2) is 0 Å². The van der Waals surface area contributed by atoms with Crippen LogP contribution in [0.2, 0.25) is 0 Å². The Kier molecular flexibility index (Phi) is 11.9. The van der Waals surface area contributed by atoms with E-state index < -0.39 is 0 Å². The van der Waals surface area contributed by atoms with Crippen molar-refractivity contribution in [2.24, 2.45) is 23.7 Å². The molecule has 0 radical (unpaired) electrons. The van der Waals surface area contributed by atoms with Crippen LogP contribution in [0.15, 0.2) is 24.3 Å². The third kappa shape index (κ3) is 4.98. The van der Waals surface area contributed by atoms with Gasteiger partial charge in [0.2, 0.25) is 0 Å². The van der Waals surface area contributed by atoms with Gasteiger partial charge in [0.15, 0.2) is 11.6 Å². The van der Waals surface area contributed by atoms with Crippen molar-refractivity contribution in [3.05, 3.63) is 55.3 Å². The largest absolute Gasteiger partial charge is 0 e. The first-order valence-corrected chi connectivity index (χ1v) is 8.56. The zero-order chi connectivity index (χ0) is 19.7. The molecule has 0 saturated heterocycles. The van der Waals surface area contributed by atoms with Crippen LogP contribution < -0.4 is 0 Å². The second-order valence-electron chi connectivity index (χ2n) is 6.68. The van der Waals surface area contributed by atoms with E-state index in [4.69, 9.17) is 14.0 Å². The molecule has 0 bridgehead atoms. The molecule has 0 heterocycles. The molecule has 0 aromatic heterocycles. The molecular formula is C21H20CrO5. The summed E-state index contributed by atoms with van der Waals surface area (Å²) in [7, 11) is 0. The predicted molar refractivity (Wildman–Crippen MR) is 88.6 cm³/mol. The van der Waals surface area contributed by atoms with Crippen molar-refractivity contribution in [3.8, 4) is 0 Å². The average molecular weight is 404 g/mol. The van der Waals surface area contributed by atoms with E-state index in [1.54, 1.807) is 0 Å². The number of benzene rings is 1. The zero-order valence-corrected chi connectivity index (χ0v) is 16.1. The summed E-state index contributed by atoms with van der Waals surface area (Å²) in [5.74, 6) is 1.76. The Labute approximate surface area is 170 Å². The SMILES string of the molecule is O=C1c2ccccc2C(=O)[C@H]2CCC[C@H]2[C@H]2CCC[C@H]12.[C-]#[O+].[C-]#[O+].[C-]#[O+].[Cr]. The van der Waals surface area contributed by atoms with Crippen molar-refractivity contribution in [1.29, 1.82) is 0 Å². The summed E-state index contributed by atoms with van der Waals surface area (Å²) in [5.41, 5.74) is 1.39. The third-order valence-corrected chi connectivity index (χ3v) is 5.82. The van der Waals surface area contributed by atoms with Crippen molar-refractivity contribution in [3.63, 3.8) is 0 Å². The fourth-order valence-corrected chi connectivity index (χ4v) is 4.97. The smallest absolute Gasteiger partial charge is 0 e. The summed E-state index contributed by atoms with van der Waals surface area (Å²) in [6.07, 6.45) is 6.64. The van der Waals surface area contributed by atoms with Gasteiger partial charge in [-0.15, -0.1) is 0 Å². The van der Waals surface area contributed by atoms with Crippen LogP contribution in [-0.4, -0.2) is 11.6 Å². The fraction of sp³-hybridized carbons (Fsp3) is 0.476. The van der Waals surface area contributed by atoms with E-state index >= 15 is 0 Å². The Morgan fingerprint density at radius 1 is 0.667 bits per heavy atom. The second kappa shape index (κ2) is 12.7. The molecule has 27 heavy (non-hydrogen) atoms. The molecule has 6 heteroatoms. The van der Waals surface area contributed by atoms with Gasteiger partial charge in [0.25, 0.3) is 0 Å². The van der Waals surface area contributed by atoms with Gasteiger partial charge in [0.05, 0.1) is 0 Å². The van der Waals surface area contributed by atoms with E-state index in [1.165, 1.54) is 0 Å². The summed E-state index contributed by atoms with van der Waals surface area (Å²) in [5, 5.41) is 0. The second-order valence-corrected chi connectivity index (χ2v) is 6.68. The van der Waals surface area contributed by atoms with Crippen LogP contribution in [0.4, 0.5) is 0 Å². The summed E-state index contributed by atoms with van der Waals surface area (Å²) in [6, 6.07) is 7.50. The minimum absolute atomic E-state index is 0. The molecule has 4 rings (SSSR count). The number of carbonyl (C=O) groups is 2. The predicted octanol–water partition coefficient (Wildman–Crippen LogP) is 3.78. The molecule has 1 aromatic rings. The van der Waals surface area contributed by atoms with Crippen LogP contribution in [0.5, 0.6) is 0 Å². The minimum atomic E-state index is 0. The number of rotatable bonds is 0. The van der Waals surface area contributed by atoms with Crippen molar-refractivity contribution < 1.29 is 40.9 Å². The van der Waals surface area contributed by atoms with Gasteiger partial charge >= 0.3 is 33.9 Å². The zero-order valence-electron chi connectivity index (χ0n) is 14.8. The molecular weight excluding hydrogens is 384 g/mol. The minimum Gasteiger partial charge on any atom is 0 e. The van der Waals surface area contributed by atoms with Gasteiger partial charge in [-0.05, 0) is 37.5 Å². The van der Waals surface area contributed by atoms with Gasteiger partial charge in [-0.1, -0.05) is 37.1 Å². The summed E-state index contributed by atoms with van der Waals surface area (Å²) < 4.78 is 22.5. The first kappa shape index (κ1) is 25.3. The third-order valence-electron chi connectivity index (χ3n) is 5.82. The average Bonchev–Trinajstić information content (AvgIpc) is 3.40. The van der Waals surface area contributed by atoms with Crippen LogP contribution in [-0.2, 0) is 31.3 Å². The molecule has 4 atom stereocenters. The summed E-state index contributed by atoms with van der Waals surface area (Å²) in [4.78, 5) is 25.7. The number of hydrogen-bond acceptors (Lipinski definition) is 2. The van der Waals surface area contributed by atoms with Crippen LogP contribution >= 0.6 is 0 Å². The van der Waals surface area contributed by atoms with Crippen LogP contribution in [0.1, 0.15) is 59.2 Å². The molecule has 5 nitrogen and oxygen atoms in total. The molecule has 3 aliphatic rings. The normalized spacial score (nSPS) is 26.9. The maximum absolute atomic E-state index is 12.9. The number of ketones is 2. The molecule has 0 amide bonds. The number of fused-ring (bicyclic) bond motifs is 4. The Morgan fingerprint density at radius 2 is 1.00 bits per heavy atom. The summed E-state index contributed by atoms with van der Waals surface area (Å²) >= 11 is 0. The van der Waals surface area contributed by atoms with Gasteiger partial charge < -0.3 is 0 Å². The quantitative estimate of drug-likeness (QED) is 0.486. The van der Waals surface area contributed by atoms with Gasteiger partial charge in [0, 0.05) is 40.3 Å². The van der Waals surface area contributed by atoms with E-state index in [1.807, 2.05) is 24.3 Å². The monoisotopic (exact) mass is 404 g/mol. The Hall–Kier alpha value is -1.69.